The number of nitrogens with zero attached hydrogens (tertiary/aromatic N) is 6. The van der Waals surface area contributed by atoms with E-state index in [0.29, 0.717) is 33.9 Å². The van der Waals surface area contributed by atoms with Crippen LogP contribution in [0.4, 0.5) is 5.69 Å². The number of amides is 2. The topological polar surface area (TPSA) is 93.9 Å². The third-order valence-corrected chi connectivity index (χ3v) is 5.17. The first-order chi connectivity index (χ1) is 14.3. The van der Waals surface area contributed by atoms with Crippen molar-refractivity contribution < 1.29 is 9.59 Å². The van der Waals surface area contributed by atoms with E-state index in [1.54, 1.807) is 19.1 Å². The molecule has 4 heterocycles. The van der Waals surface area contributed by atoms with Gasteiger partial charge in [-0.3, -0.25) is 9.59 Å². The molecular weight excluding hydrogens is 380 g/mol. The van der Waals surface area contributed by atoms with Crippen molar-refractivity contribution in [3.05, 3.63) is 70.3 Å². The molecule has 8 nitrogen and oxygen atoms in total. The van der Waals surface area contributed by atoms with Crippen LogP contribution in [0.1, 0.15) is 43.4 Å². The van der Waals surface area contributed by atoms with Gasteiger partial charge in [-0.05, 0) is 45.9 Å². The van der Waals surface area contributed by atoms with E-state index in [9.17, 15) is 9.59 Å². The van der Waals surface area contributed by atoms with E-state index in [2.05, 4.69) is 20.1 Å². The quantitative estimate of drug-likeness (QED) is 0.481. The molecule has 0 unspecified atom stereocenters. The van der Waals surface area contributed by atoms with Crippen LogP contribution >= 0.6 is 0 Å². The molecule has 30 heavy (non-hydrogen) atoms. The number of carbonyl (C=O) groups is 2. The van der Waals surface area contributed by atoms with E-state index in [-0.39, 0.29) is 17.4 Å². The van der Waals surface area contributed by atoms with E-state index in [1.807, 2.05) is 39.0 Å². The zero-order chi connectivity index (χ0) is 21.2. The lowest BCUT2D eigenvalue weighted by Crippen LogP contribution is -2.29. The van der Waals surface area contributed by atoms with Gasteiger partial charge >= 0.3 is 0 Å². The van der Waals surface area contributed by atoms with Crippen LogP contribution in [0.5, 0.6) is 0 Å². The van der Waals surface area contributed by atoms with Crippen molar-refractivity contribution in [2.45, 2.75) is 27.7 Å². The summed E-state index contributed by atoms with van der Waals surface area (Å²) in [5, 5.41) is 5.08. The number of hydrogen-bond acceptors (Lipinski definition) is 6. The highest BCUT2D eigenvalue weighted by atomic mass is 16.2. The van der Waals surface area contributed by atoms with Crippen LogP contribution in [0.15, 0.2) is 36.5 Å². The standard InChI is InChI=1S/C22H18N6O2/c1-11-5-7-15(8-6-11)27-20(29)16-10-23-19-17(18(16)21(27)30)14(4)26-28(19)22-24-12(2)9-13(3)25-22/h5-10H,1-4H3. The second-order valence-electron chi connectivity index (χ2n) is 7.47. The van der Waals surface area contributed by atoms with Crippen LogP contribution in [0, 0.1) is 27.7 Å². The second-order valence-corrected chi connectivity index (χ2v) is 7.47. The van der Waals surface area contributed by atoms with Gasteiger partial charge in [-0.25, -0.2) is 19.9 Å². The first-order valence-electron chi connectivity index (χ1n) is 9.51. The molecule has 0 fully saturated rings. The van der Waals surface area contributed by atoms with Gasteiger partial charge in [0.15, 0.2) is 5.65 Å². The summed E-state index contributed by atoms with van der Waals surface area (Å²) < 4.78 is 1.53. The van der Waals surface area contributed by atoms with Crippen molar-refractivity contribution in [2.75, 3.05) is 4.90 Å². The van der Waals surface area contributed by atoms with Gasteiger partial charge in [0.2, 0.25) is 0 Å². The fraction of sp³-hybridized carbons (Fsp3) is 0.182. The number of imide groups is 1. The minimum Gasteiger partial charge on any atom is -0.268 e. The summed E-state index contributed by atoms with van der Waals surface area (Å²) in [5.74, 6) is -0.386. The molecule has 0 spiro atoms. The van der Waals surface area contributed by atoms with Crippen LogP contribution in [-0.2, 0) is 0 Å². The Bertz CT molecular complexity index is 1350. The molecular formula is C22H18N6O2. The summed E-state index contributed by atoms with van der Waals surface area (Å²) in [6.07, 6.45) is 1.44. The number of anilines is 1. The van der Waals surface area contributed by atoms with Gasteiger partial charge in [-0.15, -0.1) is 0 Å². The predicted molar refractivity (Wildman–Crippen MR) is 111 cm³/mol. The monoisotopic (exact) mass is 398 g/mol. The summed E-state index contributed by atoms with van der Waals surface area (Å²) in [6.45, 7) is 7.50. The highest BCUT2D eigenvalue weighted by Crippen LogP contribution is 2.34. The van der Waals surface area contributed by atoms with Crippen molar-refractivity contribution in [1.82, 2.24) is 24.7 Å². The van der Waals surface area contributed by atoms with Gasteiger partial charge < -0.3 is 0 Å². The summed E-state index contributed by atoms with van der Waals surface area (Å²) in [7, 11) is 0. The normalized spacial score (nSPS) is 13.4. The Hall–Kier alpha value is -3.94. The molecule has 148 valence electrons. The van der Waals surface area contributed by atoms with Gasteiger partial charge in [-0.1, -0.05) is 17.7 Å². The number of fused-ring (bicyclic) bond motifs is 3. The highest BCUT2D eigenvalue weighted by Gasteiger charge is 2.40. The molecule has 0 atom stereocenters. The maximum absolute atomic E-state index is 13.3. The van der Waals surface area contributed by atoms with Gasteiger partial charge in [0.25, 0.3) is 17.8 Å². The number of aromatic nitrogens is 5. The molecule has 1 aliphatic heterocycles. The van der Waals surface area contributed by atoms with Gasteiger partial charge in [0.1, 0.15) is 0 Å². The minimum atomic E-state index is -0.386. The molecule has 0 bridgehead atoms. The smallest absolute Gasteiger partial charge is 0.267 e. The van der Waals surface area contributed by atoms with Crippen molar-refractivity contribution in [1.29, 1.82) is 0 Å². The summed E-state index contributed by atoms with van der Waals surface area (Å²) >= 11 is 0. The average molecular weight is 398 g/mol. The first-order valence-corrected chi connectivity index (χ1v) is 9.51. The molecule has 0 aliphatic carbocycles. The molecule has 5 rings (SSSR count). The largest absolute Gasteiger partial charge is 0.268 e. The predicted octanol–water partition coefficient (Wildman–Crippen LogP) is 3.24. The maximum atomic E-state index is 13.3. The zero-order valence-corrected chi connectivity index (χ0v) is 17.0. The molecule has 3 aromatic heterocycles. The summed E-state index contributed by atoms with van der Waals surface area (Å²) in [4.78, 5) is 40.9. The lowest BCUT2D eigenvalue weighted by Gasteiger charge is -2.13. The van der Waals surface area contributed by atoms with E-state index < -0.39 is 0 Å². The second kappa shape index (κ2) is 6.28. The fourth-order valence-electron chi connectivity index (χ4n) is 3.83. The molecule has 4 aromatic rings. The third-order valence-electron chi connectivity index (χ3n) is 5.17. The Morgan fingerprint density at radius 1 is 0.867 bits per heavy atom. The molecule has 1 aliphatic rings. The number of hydrogen-bond donors (Lipinski definition) is 0. The average Bonchev–Trinajstić information content (AvgIpc) is 3.16. The van der Waals surface area contributed by atoms with Gasteiger partial charge in [-0.2, -0.15) is 9.78 Å². The van der Waals surface area contributed by atoms with Crippen LogP contribution in [0.3, 0.4) is 0 Å². The number of benzene rings is 1. The van der Waals surface area contributed by atoms with Crippen molar-refractivity contribution >= 4 is 28.5 Å². The number of carbonyl (C=O) groups excluding carboxylic acids is 2. The maximum Gasteiger partial charge on any atom is 0.267 e. The van der Waals surface area contributed by atoms with Gasteiger partial charge in [0.05, 0.1) is 27.9 Å². The van der Waals surface area contributed by atoms with Crippen molar-refractivity contribution in [3.63, 3.8) is 0 Å². The minimum absolute atomic E-state index is 0.275. The van der Waals surface area contributed by atoms with E-state index >= 15 is 0 Å². The number of rotatable bonds is 2. The van der Waals surface area contributed by atoms with Gasteiger partial charge in [0, 0.05) is 17.6 Å². The molecule has 0 N–H and O–H groups in total. The van der Waals surface area contributed by atoms with E-state index in [0.717, 1.165) is 17.0 Å². The Morgan fingerprint density at radius 3 is 2.20 bits per heavy atom. The molecule has 0 saturated carbocycles. The fourth-order valence-corrected chi connectivity index (χ4v) is 3.83. The lowest BCUT2D eigenvalue weighted by atomic mass is 10.1. The SMILES string of the molecule is Cc1ccc(N2C(=O)c3cnc4c(c(C)nn4-c4nc(C)cc(C)n4)c3C2=O)cc1. The molecule has 1 aromatic carbocycles. The number of pyridine rings is 1. The molecule has 8 heteroatoms. The highest BCUT2D eigenvalue weighted by molar-refractivity contribution is 6.37. The molecule has 0 radical (unpaired) electrons. The number of aryl methyl sites for hydroxylation is 4. The summed E-state index contributed by atoms with van der Waals surface area (Å²) in [6, 6.07) is 9.14. The first kappa shape index (κ1) is 18.1. The molecule has 0 saturated heterocycles. The third kappa shape index (κ3) is 2.53. The Morgan fingerprint density at radius 2 is 1.53 bits per heavy atom. The molecule has 2 amide bonds. The Balaban J connectivity index is 1.72. The van der Waals surface area contributed by atoms with Crippen LogP contribution in [-0.4, -0.2) is 36.5 Å². The Kier molecular flexibility index (Phi) is 3.79. The van der Waals surface area contributed by atoms with Crippen LogP contribution in [0.25, 0.3) is 17.0 Å². The van der Waals surface area contributed by atoms with E-state index in [1.165, 1.54) is 15.8 Å². The zero-order valence-electron chi connectivity index (χ0n) is 17.0. The lowest BCUT2D eigenvalue weighted by molar-refractivity contribution is 0.0926. The van der Waals surface area contributed by atoms with Crippen molar-refractivity contribution in [3.8, 4) is 5.95 Å². The van der Waals surface area contributed by atoms with E-state index in [4.69, 9.17) is 0 Å². The Labute approximate surface area is 172 Å². The summed E-state index contributed by atoms with van der Waals surface area (Å²) in [5.41, 5.74) is 4.81. The van der Waals surface area contributed by atoms with Crippen LogP contribution in [0.2, 0.25) is 0 Å². The van der Waals surface area contributed by atoms with Crippen LogP contribution < -0.4 is 4.90 Å². The van der Waals surface area contributed by atoms with Crippen molar-refractivity contribution in [2.24, 2.45) is 0 Å².